The number of fused-ring (bicyclic) bond motifs is 1. The Morgan fingerprint density at radius 1 is 1.24 bits per heavy atom. The summed E-state index contributed by atoms with van der Waals surface area (Å²) >= 11 is 0. The molecule has 0 amide bonds. The van der Waals surface area contributed by atoms with Crippen LogP contribution in [0, 0.1) is 5.92 Å². The Labute approximate surface area is 127 Å². The lowest BCUT2D eigenvalue weighted by atomic mass is 9.84. The molecule has 2 aliphatic rings. The summed E-state index contributed by atoms with van der Waals surface area (Å²) in [7, 11) is 0. The summed E-state index contributed by atoms with van der Waals surface area (Å²) in [4.78, 5) is 13.4. The summed E-state index contributed by atoms with van der Waals surface area (Å²) in [6, 6.07) is 9.42. The van der Waals surface area contributed by atoms with Gasteiger partial charge in [0.25, 0.3) is 0 Å². The molecule has 1 aliphatic heterocycles. The summed E-state index contributed by atoms with van der Waals surface area (Å²) in [5.41, 5.74) is 3.03. The summed E-state index contributed by atoms with van der Waals surface area (Å²) < 4.78 is 0. The van der Waals surface area contributed by atoms with Gasteiger partial charge in [0.1, 0.15) is 0 Å². The number of hydrogen-bond donors (Lipinski definition) is 1. The molecule has 3 heteroatoms. The Balaban J connectivity index is 1.68. The fourth-order valence-electron chi connectivity index (χ4n) is 4.05. The molecule has 0 saturated carbocycles. The number of rotatable bonds is 4. The molecule has 3 nitrogen and oxygen atoms in total. The molecule has 1 aliphatic carbocycles. The highest BCUT2D eigenvalue weighted by atomic mass is 16.4. The first-order valence-corrected chi connectivity index (χ1v) is 8.27. The van der Waals surface area contributed by atoms with Crippen LogP contribution in [0.3, 0.4) is 0 Å². The highest BCUT2D eigenvalue weighted by Gasteiger charge is 2.29. The number of carboxylic acid groups (broad SMARTS) is 1. The van der Waals surface area contributed by atoms with Crippen molar-refractivity contribution in [2.45, 2.75) is 51.0 Å². The average Bonchev–Trinajstić information content (AvgIpc) is 2.52. The van der Waals surface area contributed by atoms with Crippen LogP contribution in [-0.2, 0) is 11.2 Å². The van der Waals surface area contributed by atoms with Gasteiger partial charge in [0, 0.05) is 19.0 Å². The zero-order chi connectivity index (χ0) is 14.7. The van der Waals surface area contributed by atoms with Crippen molar-refractivity contribution in [2.75, 3.05) is 13.1 Å². The van der Waals surface area contributed by atoms with Crippen LogP contribution < -0.4 is 0 Å². The SMILES string of the molecule is O=C(O)CCC1CCCN(C2CCCc3ccccc32)C1. The molecule has 0 bridgehead atoms. The lowest BCUT2D eigenvalue weighted by Crippen LogP contribution is -2.39. The maximum atomic E-state index is 10.8. The normalized spacial score (nSPS) is 26.3. The van der Waals surface area contributed by atoms with Gasteiger partial charge in [-0.3, -0.25) is 9.69 Å². The van der Waals surface area contributed by atoms with Crippen molar-refractivity contribution in [3.05, 3.63) is 35.4 Å². The molecule has 21 heavy (non-hydrogen) atoms. The molecular weight excluding hydrogens is 262 g/mol. The number of likely N-dealkylation sites (tertiary alicyclic amines) is 1. The van der Waals surface area contributed by atoms with Gasteiger partial charge >= 0.3 is 5.97 Å². The maximum Gasteiger partial charge on any atom is 0.303 e. The van der Waals surface area contributed by atoms with Gasteiger partial charge in [0.2, 0.25) is 0 Å². The Morgan fingerprint density at radius 3 is 2.95 bits per heavy atom. The molecule has 1 aromatic rings. The predicted octanol–water partition coefficient (Wildman–Crippen LogP) is 3.64. The van der Waals surface area contributed by atoms with Crippen molar-refractivity contribution < 1.29 is 9.90 Å². The first-order valence-electron chi connectivity index (χ1n) is 8.27. The molecule has 1 N–H and O–H groups in total. The van der Waals surface area contributed by atoms with Crippen molar-refractivity contribution in [1.82, 2.24) is 4.90 Å². The number of benzene rings is 1. The standard InChI is InChI=1S/C18H25NO2/c20-18(21)11-10-14-5-4-12-19(13-14)17-9-3-7-15-6-1-2-8-16(15)17/h1-2,6,8,14,17H,3-5,7,9-13H2,(H,20,21). The molecule has 1 fully saturated rings. The van der Waals surface area contributed by atoms with Crippen LogP contribution in [-0.4, -0.2) is 29.1 Å². The van der Waals surface area contributed by atoms with Crippen molar-refractivity contribution in [2.24, 2.45) is 5.92 Å². The van der Waals surface area contributed by atoms with Crippen LogP contribution in [0.2, 0.25) is 0 Å². The molecule has 0 radical (unpaired) electrons. The minimum Gasteiger partial charge on any atom is -0.481 e. The van der Waals surface area contributed by atoms with Crippen molar-refractivity contribution in [1.29, 1.82) is 0 Å². The topological polar surface area (TPSA) is 40.5 Å². The predicted molar refractivity (Wildman–Crippen MR) is 83.3 cm³/mol. The van der Waals surface area contributed by atoms with Crippen LogP contribution in [0.5, 0.6) is 0 Å². The summed E-state index contributed by atoms with van der Waals surface area (Å²) in [5.74, 6) is -0.0981. The van der Waals surface area contributed by atoms with Gasteiger partial charge in [-0.05, 0) is 62.1 Å². The van der Waals surface area contributed by atoms with E-state index in [2.05, 4.69) is 29.2 Å². The molecule has 1 saturated heterocycles. The zero-order valence-corrected chi connectivity index (χ0v) is 12.6. The molecule has 2 atom stereocenters. The molecule has 1 heterocycles. The number of hydrogen-bond acceptors (Lipinski definition) is 2. The highest BCUT2D eigenvalue weighted by Crippen LogP contribution is 2.37. The van der Waals surface area contributed by atoms with Gasteiger partial charge in [-0.2, -0.15) is 0 Å². The van der Waals surface area contributed by atoms with Gasteiger partial charge < -0.3 is 5.11 Å². The average molecular weight is 287 g/mol. The third kappa shape index (κ3) is 3.46. The second-order valence-electron chi connectivity index (χ2n) is 6.54. The van der Waals surface area contributed by atoms with E-state index in [1.165, 1.54) is 49.8 Å². The fraction of sp³-hybridized carbons (Fsp3) is 0.611. The van der Waals surface area contributed by atoms with Crippen LogP contribution in [0.15, 0.2) is 24.3 Å². The largest absolute Gasteiger partial charge is 0.481 e. The van der Waals surface area contributed by atoms with E-state index >= 15 is 0 Å². The van der Waals surface area contributed by atoms with Gasteiger partial charge in [0.15, 0.2) is 0 Å². The second-order valence-corrected chi connectivity index (χ2v) is 6.54. The maximum absolute atomic E-state index is 10.8. The molecule has 2 unspecified atom stereocenters. The third-order valence-electron chi connectivity index (χ3n) is 5.10. The zero-order valence-electron chi connectivity index (χ0n) is 12.6. The molecule has 1 aromatic carbocycles. The lowest BCUT2D eigenvalue weighted by Gasteiger charge is -2.41. The number of piperidine rings is 1. The van der Waals surface area contributed by atoms with E-state index in [4.69, 9.17) is 5.11 Å². The van der Waals surface area contributed by atoms with Crippen LogP contribution in [0.4, 0.5) is 0 Å². The van der Waals surface area contributed by atoms with Gasteiger partial charge in [-0.1, -0.05) is 24.3 Å². The minimum atomic E-state index is -0.657. The Morgan fingerprint density at radius 2 is 2.10 bits per heavy atom. The Hall–Kier alpha value is -1.35. The lowest BCUT2D eigenvalue weighted by molar-refractivity contribution is -0.137. The van der Waals surface area contributed by atoms with E-state index in [-0.39, 0.29) is 0 Å². The van der Waals surface area contributed by atoms with Gasteiger partial charge in [-0.25, -0.2) is 0 Å². The minimum absolute atomic E-state index is 0.319. The number of aliphatic carboxylic acids is 1. The van der Waals surface area contributed by atoms with Crippen LogP contribution in [0.1, 0.15) is 55.7 Å². The van der Waals surface area contributed by atoms with Crippen LogP contribution in [0.25, 0.3) is 0 Å². The highest BCUT2D eigenvalue weighted by molar-refractivity contribution is 5.66. The van der Waals surface area contributed by atoms with Crippen molar-refractivity contribution >= 4 is 5.97 Å². The van der Waals surface area contributed by atoms with Crippen molar-refractivity contribution in [3.8, 4) is 0 Å². The summed E-state index contributed by atoms with van der Waals surface area (Å²) in [6.07, 6.45) is 7.30. The number of carboxylic acids is 1. The Kier molecular flexibility index (Phi) is 4.59. The van der Waals surface area contributed by atoms with E-state index in [0.717, 1.165) is 13.0 Å². The van der Waals surface area contributed by atoms with Gasteiger partial charge in [0.05, 0.1) is 0 Å². The van der Waals surface area contributed by atoms with Gasteiger partial charge in [-0.15, -0.1) is 0 Å². The van der Waals surface area contributed by atoms with E-state index in [1.807, 2.05) is 0 Å². The smallest absolute Gasteiger partial charge is 0.303 e. The molecule has 3 rings (SSSR count). The molecule has 114 valence electrons. The summed E-state index contributed by atoms with van der Waals surface area (Å²) in [6.45, 7) is 2.24. The fourth-order valence-corrected chi connectivity index (χ4v) is 4.05. The number of aryl methyl sites for hydroxylation is 1. The first kappa shape index (κ1) is 14.6. The molecule has 0 aromatic heterocycles. The van der Waals surface area contributed by atoms with E-state index in [0.29, 0.717) is 18.4 Å². The quantitative estimate of drug-likeness (QED) is 0.919. The number of carbonyl (C=O) groups is 1. The second kappa shape index (κ2) is 6.61. The summed E-state index contributed by atoms with van der Waals surface area (Å²) in [5, 5.41) is 8.88. The molecular formula is C18H25NO2. The molecule has 0 spiro atoms. The van der Waals surface area contributed by atoms with E-state index < -0.39 is 5.97 Å². The van der Waals surface area contributed by atoms with Crippen molar-refractivity contribution in [3.63, 3.8) is 0 Å². The Bertz CT molecular complexity index is 500. The monoisotopic (exact) mass is 287 g/mol. The third-order valence-corrected chi connectivity index (χ3v) is 5.10. The van der Waals surface area contributed by atoms with E-state index in [1.54, 1.807) is 0 Å². The number of nitrogens with zero attached hydrogens (tertiary/aromatic N) is 1. The first-order chi connectivity index (χ1) is 10.2. The van der Waals surface area contributed by atoms with E-state index in [9.17, 15) is 4.79 Å². The van der Waals surface area contributed by atoms with Crippen LogP contribution >= 0.6 is 0 Å².